The molecule has 1 amide bonds. The fourth-order valence-electron chi connectivity index (χ4n) is 3.61. The molecule has 0 spiro atoms. The summed E-state index contributed by atoms with van der Waals surface area (Å²) in [4.78, 5) is 29.8. The SMILES string of the molecule is CN(c1ncc(-c2ccnc(C(N)=O)c2)cn1)[C@]1(c2ncccc2F)C[C@H](F)C1. The third-order valence-electron chi connectivity index (χ3n) is 5.24. The van der Waals surface area contributed by atoms with E-state index in [-0.39, 0.29) is 24.2 Å². The van der Waals surface area contributed by atoms with Gasteiger partial charge in [-0.2, -0.15) is 0 Å². The van der Waals surface area contributed by atoms with Crippen LogP contribution in [0.5, 0.6) is 0 Å². The number of alkyl halides is 1. The van der Waals surface area contributed by atoms with Crippen molar-refractivity contribution in [3.8, 4) is 11.1 Å². The van der Waals surface area contributed by atoms with Gasteiger partial charge in [-0.3, -0.25) is 14.8 Å². The van der Waals surface area contributed by atoms with Crippen molar-refractivity contribution in [3.05, 3.63) is 66.3 Å². The normalized spacial score (nSPS) is 20.7. The maximum Gasteiger partial charge on any atom is 0.267 e. The lowest BCUT2D eigenvalue weighted by atomic mass is 9.71. The van der Waals surface area contributed by atoms with Crippen LogP contribution < -0.4 is 10.6 Å². The van der Waals surface area contributed by atoms with Crippen molar-refractivity contribution in [2.75, 3.05) is 11.9 Å². The topological polar surface area (TPSA) is 97.9 Å². The van der Waals surface area contributed by atoms with Gasteiger partial charge in [0.15, 0.2) is 0 Å². The Labute approximate surface area is 165 Å². The van der Waals surface area contributed by atoms with E-state index in [1.807, 2.05) is 0 Å². The number of hydrogen-bond acceptors (Lipinski definition) is 6. The maximum atomic E-state index is 14.4. The lowest BCUT2D eigenvalue weighted by Crippen LogP contribution is -2.56. The van der Waals surface area contributed by atoms with Crippen molar-refractivity contribution in [2.45, 2.75) is 24.6 Å². The molecule has 4 rings (SSSR count). The van der Waals surface area contributed by atoms with Gasteiger partial charge in [0.1, 0.15) is 23.4 Å². The Kier molecular flexibility index (Phi) is 4.65. The van der Waals surface area contributed by atoms with E-state index in [4.69, 9.17) is 5.73 Å². The number of aromatic nitrogens is 4. The molecule has 0 aliphatic heterocycles. The van der Waals surface area contributed by atoms with Gasteiger partial charge in [0.25, 0.3) is 5.91 Å². The molecule has 0 saturated heterocycles. The average Bonchev–Trinajstić information content (AvgIpc) is 2.71. The van der Waals surface area contributed by atoms with E-state index in [9.17, 15) is 13.6 Å². The summed E-state index contributed by atoms with van der Waals surface area (Å²) in [5, 5.41) is 0. The second kappa shape index (κ2) is 7.16. The van der Waals surface area contributed by atoms with Gasteiger partial charge in [-0.25, -0.2) is 18.7 Å². The first-order valence-electron chi connectivity index (χ1n) is 8.98. The van der Waals surface area contributed by atoms with Gasteiger partial charge in [0.2, 0.25) is 5.95 Å². The quantitative estimate of drug-likeness (QED) is 0.712. The number of carbonyl (C=O) groups is 1. The van der Waals surface area contributed by atoms with Crippen LogP contribution in [-0.4, -0.2) is 39.1 Å². The Balaban J connectivity index is 1.65. The number of pyridine rings is 2. The zero-order valence-electron chi connectivity index (χ0n) is 15.6. The molecule has 1 fully saturated rings. The van der Waals surface area contributed by atoms with E-state index in [2.05, 4.69) is 19.9 Å². The molecule has 3 aromatic heterocycles. The largest absolute Gasteiger partial charge is 0.364 e. The van der Waals surface area contributed by atoms with E-state index in [1.54, 1.807) is 36.5 Å². The molecule has 1 saturated carbocycles. The minimum absolute atomic E-state index is 0.106. The average molecular weight is 396 g/mol. The van der Waals surface area contributed by atoms with Crippen LogP contribution in [0.15, 0.2) is 49.1 Å². The second-order valence-corrected chi connectivity index (χ2v) is 7.00. The molecule has 0 radical (unpaired) electrons. The number of hydrogen-bond donors (Lipinski definition) is 1. The summed E-state index contributed by atoms with van der Waals surface area (Å²) in [5.41, 5.74) is 5.98. The summed E-state index contributed by atoms with van der Waals surface area (Å²) in [5.74, 6) is -0.803. The number of primary amides is 1. The molecule has 3 heterocycles. The zero-order valence-corrected chi connectivity index (χ0v) is 15.6. The second-order valence-electron chi connectivity index (χ2n) is 7.00. The van der Waals surface area contributed by atoms with Crippen LogP contribution in [0, 0.1) is 5.82 Å². The van der Waals surface area contributed by atoms with Crippen molar-refractivity contribution in [1.29, 1.82) is 0 Å². The monoisotopic (exact) mass is 396 g/mol. The fraction of sp³-hybridized carbons (Fsp3) is 0.250. The summed E-state index contributed by atoms with van der Waals surface area (Å²) in [6.45, 7) is 0. The van der Waals surface area contributed by atoms with Gasteiger partial charge in [0.05, 0.1) is 5.54 Å². The van der Waals surface area contributed by atoms with Crippen molar-refractivity contribution in [1.82, 2.24) is 19.9 Å². The Bertz CT molecular complexity index is 1050. The van der Waals surface area contributed by atoms with Gasteiger partial charge >= 0.3 is 0 Å². The van der Waals surface area contributed by atoms with Crippen LogP contribution in [0.4, 0.5) is 14.7 Å². The van der Waals surface area contributed by atoms with Crippen LogP contribution in [0.3, 0.4) is 0 Å². The van der Waals surface area contributed by atoms with Crippen LogP contribution in [-0.2, 0) is 5.54 Å². The minimum atomic E-state index is -1.04. The highest BCUT2D eigenvalue weighted by atomic mass is 19.1. The number of carbonyl (C=O) groups excluding carboxylic acids is 1. The molecule has 9 heteroatoms. The van der Waals surface area contributed by atoms with Crippen molar-refractivity contribution in [2.24, 2.45) is 5.73 Å². The molecule has 1 aliphatic rings. The molecule has 7 nitrogen and oxygen atoms in total. The van der Waals surface area contributed by atoms with Gasteiger partial charge in [-0.1, -0.05) is 0 Å². The Morgan fingerprint density at radius 1 is 1.14 bits per heavy atom. The third kappa shape index (κ3) is 3.28. The number of nitrogens with zero attached hydrogens (tertiary/aromatic N) is 5. The molecule has 0 atom stereocenters. The molecular formula is C20H18F2N6O. The summed E-state index contributed by atoms with van der Waals surface area (Å²) < 4.78 is 28.2. The third-order valence-corrected chi connectivity index (χ3v) is 5.24. The predicted octanol–water partition coefficient (Wildman–Crippen LogP) is 2.64. The fourth-order valence-corrected chi connectivity index (χ4v) is 3.61. The van der Waals surface area contributed by atoms with Crippen LogP contribution in [0.25, 0.3) is 11.1 Å². The van der Waals surface area contributed by atoms with Gasteiger partial charge in [-0.15, -0.1) is 0 Å². The Morgan fingerprint density at radius 2 is 1.86 bits per heavy atom. The molecule has 2 N–H and O–H groups in total. The lowest BCUT2D eigenvalue weighted by Gasteiger charge is -2.49. The van der Waals surface area contributed by atoms with Crippen LogP contribution >= 0.6 is 0 Å². The van der Waals surface area contributed by atoms with E-state index < -0.39 is 23.4 Å². The first kappa shape index (κ1) is 18.9. The minimum Gasteiger partial charge on any atom is -0.364 e. The van der Waals surface area contributed by atoms with Gasteiger partial charge in [-0.05, 0) is 29.8 Å². The number of rotatable bonds is 5. The molecule has 1 aliphatic carbocycles. The lowest BCUT2D eigenvalue weighted by molar-refractivity contribution is 0.0860. The van der Waals surface area contributed by atoms with E-state index in [0.717, 1.165) is 0 Å². The zero-order chi connectivity index (χ0) is 20.6. The van der Waals surface area contributed by atoms with E-state index in [0.29, 0.717) is 17.1 Å². The molecule has 0 aromatic carbocycles. The maximum absolute atomic E-state index is 14.4. The van der Waals surface area contributed by atoms with Gasteiger partial charge < -0.3 is 10.6 Å². The molecule has 29 heavy (non-hydrogen) atoms. The van der Waals surface area contributed by atoms with Crippen LogP contribution in [0.1, 0.15) is 29.0 Å². The number of halogens is 2. The Morgan fingerprint density at radius 3 is 2.48 bits per heavy atom. The number of amides is 1. The summed E-state index contributed by atoms with van der Waals surface area (Å²) in [6.07, 6.45) is 5.29. The highest BCUT2D eigenvalue weighted by molar-refractivity contribution is 5.92. The van der Waals surface area contributed by atoms with Crippen molar-refractivity contribution >= 4 is 11.9 Å². The van der Waals surface area contributed by atoms with E-state index in [1.165, 1.54) is 24.5 Å². The highest BCUT2D eigenvalue weighted by Crippen LogP contribution is 2.48. The summed E-state index contributed by atoms with van der Waals surface area (Å²) in [7, 11) is 1.70. The number of anilines is 1. The van der Waals surface area contributed by atoms with Crippen LogP contribution in [0.2, 0.25) is 0 Å². The summed E-state index contributed by atoms with van der Waals surface area (Å²) >= 11 is 0. The predicted molar refractivity (Wildman–Crippen MR) is 102 cm³/mol. The molecule has 0 bridgehead atoms. The standard InChI is InChI=1S/C20H18F2N6O/c1-28(20(8-14(21)9-20)17-15(22)3-2-5-25-17)19-26-10-13(11-27-19)12-4-6-24-16(7-12)18(23)29/h2-7,10-11,14H,8-9H2,1H3,(H2,23,29)/t14-,20+. The van der Waals surface area contributed by atoms with Gasteiger partial charge in [0, 0.05) is 50.2 Å². The molecule has 0 unspecified atom stereocenters. The molecule has 148 valence electrons. The summed E-state index contributed by atoms with van der Waals surface area (Å²) in [6, 6.07) is 6.07. The van der Waals surface area contributed by atoms with Crippen molar-refractivity contribution in [3.63, 3.8) is 0 Å². The molecular weight excluding hydrogens is 378 g/mol. The number of nitrogens with two attached hydrogens (primary N) is 1. The smallest absolute Gasteiger partial charge is 0.267 e. The molecule has 3 aromatic rings. The van der Waals surface area contributed by atoms with Crippen molar-refractivity contribution < 1.29 is 13.6 Å². The first-order valence-corrected chi connectivity index (χ1v) is 8.98. The first-order chi connectivity index (χ1) is 13.9. The highest BCUT2D eigenvalue weighted by Gasteiger charge is 2.52. The van der Waals surface area contributed by atoms with E-state index >= 15 is 0 Å². The Hall–Kier alpha value is -3.49.